The van der Waals surface area contributed by atoms with Gasteiger partial charge < -0.3 is 4.74 Å². The molecular formula is C16H10BrClO2S. The summed E-state index contributed by atoms with van der Waals surface area (Å²) in [7, 11) is 0. The number of carbonyl (C=O) groups excluding carboxylic acids is 1. The summed E-state index contributed by atoms with van der Waals surface area (Å²) in [4.78, 5) is 12.8. The van der Waals surface area contributed by atoms with Crippen molar-refractivity contribution in [3.63, 3.8) is 0 Å². The third kappa shape index (κ3) is 2.84. The highest BCUT2D eigenvalue weighted by Gasteiger charge is 2.19. The molecule has 0 aliphatic rings. The van der Waals surface area contributed by atoms with Gasteiger partial charge in [0.1, 0.15) is 10.6 Å². The van der Waals surface area contributed by atoms with Crippen LogP contribution in [0.25, 0.3) is 10.1 Å². The Morgan fingerprint density at radius 2 is 2.00 bits per heavy atom. The van der Waals surface area contributed by atoms with Crippen LogP contribution in [-0.4, -0.2) is 5.97 Å². The van der Waals surface area contributed by atoms with Crippen molar-refractivity contribution in [2.24, 2.45) is 0 Å². The standard InChI is InChI=1S/C16H10BrClO2S/c1-9-8-10(17)6-7-12(9)20-16(19)15-14(18)11-4-2-3-5-13(11)21-15/h2-8H,1H3. The average molecular weight is 382 g/mol. The maximum Gasteiger partial charge on any atom is 0.355 e. The number of benzene rings is 2. The van der Waals surface area contributed by atoms with E-state index in [1.54, 1.807) is 6.07 Å². The van der Waals surface area contributed by atoms with Crippen LogP contribution in [0.5, 0.6) is 5.75 Å². The van der Waals surface area contributed by atoms with Gasteiger partial charge in [0.2, 0.25) is 0 Å². The fourth-order valence-corrected chi connectivity index (χ4v) is 3.88. The van der Waals surface area contributed by atoms with Crippen molar-refractivity contribution in [3.05, 3.63) is 62.4 Å². The molecular weight excluding hydrogens is 372 g/mol. The number of rotatable bonds is 2. The van der Waals surface area contributed by atoms with Crippen LogP contribution in [0.2, 0.25) is 5.02 Å². The Morgan fingerprint density at radius 1 is 1.24 bits per heavy atom. The topological polar surface area (TPSA) is 26.3 Å². The van der Waals surface area contributed by atoms with Gasteiger partial charge >= 0.3 is 5.97 Å². The van der Waals surface area contributed by atoms with Crippen LogP contribution in [-0.2, 0) is 0 Å². The molecule has 2 nitrogen and oxygen atoms in total. The fraction of sp³-hybridized carbons (Fsp3) is 0.0625. The van der Waals surface area contributed by atoms with Crippen LogP contribution in [0.4, 0.5) is 0 Å². The molecule has 0 radical (unpaired) electrons. The molecule has 0 aliphatic carbocycles. The Hall–Kier alpha value is -1.36. The highest BCUT2D eigenvalue weighted by molar-refractivity contribution is 9.10. The quantitative estimate of drug-likeness (QED) is 0.411. The predicted octanol–water partition coefficient (Wildman–Crippen LogP) is 5.84. The number of ether oxygens (including phenoxy) is 1. The highest BCUT2D eigenvalue weighted by Crippen LogP contribution is 2.36. The normalized spacial score (nSPS) is 10.8. The molecule has 0 aliphatic heterocycles. The Bertz CT molecular complexity index is 841. The van der Waals surface area contributed by atoms with Gasteiger partial charge in [0.05, 0.1) is 5.02 Å². The molecule has 0 N–H and O–H groups in total. The average Bonchev–Trinajstić information content (AvgIpc) is 2.80. The van der Waals surface area contributed by atoms with E-state index >= 15 is 0 Å². The number of hydrogen-bond acceptors (Lipinski definition) is 3. The Balaban J connectivity index is 1.95. The number of hydrogen-bond donors (Lipinski definition) is 0. The minimum Gasteiger partial charge on any atom is -0.422 e. The van der Waals surface area contributed by atoms with Crippen LogP contribution >= 0.6 is 38.9 Å². The predicted molar refractivity (Wildman–Crippen MR) is 90.7 cm³/mol. The van der Waals surface area contributed by atoms with Gasteiger partial charge in [-0.1, -0.05) is 45.7 Å². The molecule has 1 aromatic heterocycles. The summed E-state index contributed by atoms with van der Waals surface area (Å²) in [5.74, 6) is 0.114. The first-order valence-corrected chi connectivity index (χ1v) is 8.20. The Morgan fingerprint density at radius 3 is 2.71 bits per heavy atom. The highest BCUT2D eigenvalue weighted by atomic mass is 79.9. The van der Waals surface area contributed by atoms with Crippen molar-refractivity contribution in [2.75, 3.05) is 0 Å². The van der Waals surface area contributed by atoms with Gasteiger partial charge in [0.25, 0.3) is 0 Å². The largest absolute Gasteiger partial charge is 0.422 e. The van der Waals surface area contributed by atoms with Gasteiger partial charge in [0.15, 0.2) is 0 Å². The minimum absolute atomic E-state index is 0.424. The van der Waals surface area contributed by atoms with E-state index in [4.69, 9.17) is 16.3 Å². The smallest absolute Gasteiger partial charge is 0.355 e. The van der Waals surface area contributed by atoms with Crippen molar-refractivity contribution >= 4 is 54.9 Å². The van der Waals surface area contributed by atoms with Crippen LogP contribution in [0, 0.1) is 6.92 Å². The third-order valence-corrected chi connectivity index (χ3v) is 5.21. The molecule has 106 valence electrons. The molecule has 5 heteroatoms. The van der Waals surface area contributed by atoms with E-state index in [-0.39, 0.29) is 0 Å². The maximum absolute atomic E-state index is 12.3. The molecule has 0 saturated heterocycles. The second-order valence-corrected chi connectivity index (χ2v) is 6.89. The summed E-state index contributed by atoms with van der Waals surface area (Å²) in [6.07, 6.45) is 0. The number of thiophene rings is 1. The summed E-state index contributed by atoms with van der Waals surface area (Å²) in [5, 5.41) is 1.33. The van der Waals surface area contributed by atoms with E-state index in [2.05, 4.69) is 15.9 Å². The lowest BCUT2D eigenvalue weighted by molar-refractivity contribution is 0.0739. The fourth-order valence-electron chi connectivity index (χ4n) is 2.02. The van der Waals surface area contributed by atoms with Gasteiger partial charge in [-0.2, -0.15) is 0 Å². The number of carbonyl (C=O) groups is 1. The summed E-state index contributed by atoms with van der Waals surface area (Å²) in [6, 6.07) is 13.2. The molecule has 21 heavy (non-hydrogen) atoms. The van der Waals surface area contributed by atoms with Gasteiger partial charge in [-0.3, -0.25) is 0 Å². The minimum atomic E-state index is -0.424. The lowest BCUT2D eigenvalue weighted by atomic mass is 10.2. The van der Waals surface area contributed by atoms with Gasteiger partial charge in [-0.05, 0) is 36.8 Å². The van der Waals surface area contributed by atoms with Crippen molar-refractivity contribution in [1.82, 2.24) is 0 Å². The molecule has 1 heterocycles. The van der Waals surface area contributed by atoms with Crippen LogP contribution in [0.1, 0.15) is 15.2 Å². The molecule has 3 aromatic rings. The molecule has 0 saturated carbocycles. The zero-order chi connectivity index (χ0) is 15.0. The lowest BCUT2D eigenvalue weighted by Crippen LogP contribution is -2.07. The summed E-state index contributed by atoms with van der Waals surface area (Å²) in [6.45, 7) is 1.89. The van der Waals surface area contributed by atoms with Gasteiger partial charge in [-0.15, -0.1) is 11.3 Å². The van der Waals surface area contributed by atoms with E-state index in [1.165, 1.54) is 11.3 Å². The Kier molecular flexibility index (Phi) is 4.02. The van der Waals surface area contributed by atoms with Crippen molar-refractivity contribution < 1.29 is 9.53 Å². The van der Waals surface area contributed by atoms with Gasteiger partial charge in [-0.25, -0.2) is 4.79 Å². The van der Waals surface area contributed by atoms with Crippen LogP contribution in [0.15, 0.2) is 46.9 Å². The van der Waals surface area contributed by atoms with E-state index in [1.807, 2.05) is 43.3 Å². The monoisotopic (exact) mass is 380 g/mol. The number of fused-ring (bicyclic) bond motifs is 1. The number of halogens is 2. The zero-order valence-electron chi connectivity index (χ0n) is 11.0. The first-order valence-electron chi connectivity index (χ1n) is 6.21. The molecule has 0 spiro atoms. The van der Waals surface area contributed by atoms with Crippen molar-refractivity contribution in [2.45, 2.75) is 6.92 Å². The second-order valence-electron chi connectivity index (χ2n) is 4.54. The van der Waals surface area contributed by atoms with Crippen LogP contribution < -0.4 is 4.74 Å². The molecule has 0 atom stereocenters. The number of aryl methyl sites for hydroxylation is 1. The summed E-state index contributed by atoms with van der Waals surface area (Å²) >= 11 is 11.0. The number of esters is 1. The molecule has 0 unspecified atom stereocenters. The van der Waals surface area contributed by atoms with E-state index in [0.29, 0.717) is 15.6 Å². The van der Waals surface area contributed by atoms with Crippen LogP contribution in [0.3, 0.4) is 0 Å². The summed E-state index contributed by atoms with van der Waals surface area (Å²) in [5.41, 5.74) is 0.884. The SMILES string of the molecule is Cc1cc(Br)ccc1OC(=O)c1sc2ccccc2c1Cl. The van der Waals surface area contributed by atoms with Gasteiger partial charge in [0, 0.05) is 14.6 Å². The molecule has 2 aromatic carbocycles. The molecule has 0 bridgehead atoms. The lowest BCUT2D eigenvalue weighted by Gasteiger charge is -2.06. The van der Waals surface area contributed by atoms with E-state index in [0.717, 1.165) is 20.1 Å². The molecule has 0 amide bonds. The first kappa shape index (κ1) is 14.6. The van der Waals surface area contributed by atoms with E-state index < -0.39 is 5.97 Å². The zero-order valence-corrected chi connectivity index (χ0v) is 14.2. The maximum atomic E-state index is 12.3. The van der Waals surface area contributed by atoms with Crippen molar-refractivity contribution in [3.8, 4) is 5.75 Å². The molecule has 3 rings (SSSR count). The third-order valence-electron chi connectivity index (χ3n) is 3.06. The second kappa shape index (κ2) is 5.79. The van der Waals surface area contributed by atoms with E-state index in [9.17, 15) is 4.79 Å². The molecule has 0 fully saturated rings. The Labute approximate surface area is 139 Å². The van der Waals surface area contributed by atoms with Crippen molar-refractivity contribution in [1.29, 1.82) is 0 Å². The summed E-state index contributed by atoms with van der Waals surface area (Å²) < 4.78 is 7.38. The first-order chi connectivity index (χ1) is 10.1.